The Kier molecular flexibility index (Phi) is 10.7. The lowest BCUT2D eigenvalue weighted by molar-refractivity contribution is -0.119. The highest BCUT2D eigenvalue weighted by molar-refractivity contribution is 6.36. The zero-order valence-corrected chi connectivity index (χ0v) is 28.5. The van der Waals surface area contributed by atoms with Crippen molar-refractivity contribution in [3.05, 3.63) is 81.4 Å². The third-order valence-corrected chi connectivity index (χ3v) is 8.20. The van der Waals surface area contributed by atoms with E-state index in [1.54, 1.807) is 51.1 Å². The summed E-state index contributed by atoms with van der Waals surface area (Å²) in [4.78, 5) is 48.9. The van der Waals surface area contributed by atoms with Crippen LogP contribution >= 0.6 is 11.6 Å². The average Bonchev–Trinajstić information content (AvgIpc) is 3.45. The molecule has 0 unspecified atom stereocenters. The molecule has 5 rings (SSSR count). The number of benzene rings is 1. The summed E-state index contributed by atoms with van der Waals surface area (Å²) in [6, 6.07) is 12.7. The number of nitrogens with zero attached hydrogens (tertiary/aromatic N) is 4. The number of fused-ring (bicyclic) bond motifs is 1. The van der Waals surface area contributed by atoms with Gasteiger partial charge in [-0.2, -0.15) is 0 Å². The first-order valence-electron chi connectivity index (χ1n) is 15.8. The lowest BCUT2D eigenvalue weighted by Crippen LogP contribution is -2.43. The number of ether oxygens (including phenoxy) is 2. The molecule has 3 aromatic heterocycles. The van der Waals surface area contributed by atoms with E-state index in [0.29, 0.717) is 64.9 Å². The van der Waals surface area contributed by atoms with Gasteiger partial charge in [0.2, 0.25) is 11.8 Å². The van der Waals surface area contributed by atoms with E-state index in [9.17, 15) is 19.5 Å². The highest BCUT2D eigenvalue weighted by atomic mass is 35.5. The summed E-state index contributed by atoms with van der Waals surface area (Å²) in [6.07, 6.45) is 3.25. The molecule has 1 aliphatic rings. The largest absolute Gasteiger partial charge is 0.481 e. The number of halogens is 1. The van der Waals surface area contributed by atoms with Crippen LogP contribution < -0.4 is 20.9 Å². The zero-order chi connectivity index (χ0) is 34.6. The minimum Gasteiger partial charge on any atom is -0.481 e. The molecule has 48 heavy (non-hydrogen) atoms. The van der Waals surface area contributed by atoms with Gasteiger partial charge in [-0.25, -0.2) is 14.8 Å². The molecule has 1 aromatic carbocycles. The monoisotopic (exact) mass is 676 g/mol. The van der Waals surface area contributed by atoms with Gasteiger partial charge < -0.3 is 30.1 Å². The van der Waals surface area contributed by atoms with Crippen LogP contribution in [-0.2, 0) is 22.6 Å². The van der Waals surface area contributed by atoms with E-state index in [-0.39, 0.29) is 30.6 Å². The van der Waals surface area contributed by atoms with Crippen LogP contribution in [0.3, 0.4) is 0 Å². The number of nitrogens with one attached hydrogen (secondary N) is 2. The Labute approximate surface area is 284 Å². The molecule has 254 valence electrons. The van der Waals surface area contributed by atoms with Gasteiger partial charge in [0.25, 0.3) is 5.56 Å². The third-order valence-electron chi connectivity index (χ3n) is 7.79. The van der Waals surface area contributed by atoms with Crippen LogP contribution in [0.25, 0.3) is 28.0 Å². The van der Waals surface area contributed by atoms with E-state index in [0.717, 1.165) is 11.1 Å². The number of aliphatic hydroxyl groups excluding tert-OH is 1. The van der Waals surface area contributed by atoms with Gasteiger partial charge in [0.15, 0.2) is 0 Å². The minimum atomic E-state index is -0.695. The lowest BCUT2D eigenvalue weighted by Gasteiger charge is -2.29. The number of pyridine rings is 2. The molecule has 1 fully saturated rings. The number of rotatable bonds is 11. The molecule has 12 nitrogen and oxygen atoms in total. The van der Waals surface area contributed by atoms with Crippen LogP contribution in [0.15, 0.2) is 59.7 Å². The maximum absolute atomic E-state index is 13.2. The van der Waals surface area contributed by atoms with Gasteiger partial charge in [-0.05, 0) is 63.9 Å². The number of aromatic nitrogens is 3. The molecule has 2 atom stereocenters. The second-order valence-corrected chi connectivity index (χ2v) is 13.3. The van der Waals surface area contributed by atoms with Crippen LogP contribution in [0.5, 0.6) is 5.88 Å². The molecule has 4 heterocycles. The lowest BCUT2D eigenvalue weighted by atomic mass is 10.0. The van der Waals surface area contributed by atoms with E-state index in [1.165, 1.54) is 11.5 Å². The van der Waals surface area contributed by atoms with Gasteiger partial charge in [0.1, 0.15) is 11.2 Å². The number of aliphatic hydroxyl groups is 1. The SMILES string of the molecule is COc1nc(-c2cccc(-c3ccn4c(=O)c(CNC[C@H](C)O)cnc4c3)c2Cl)ccc1CN(C[C@@H]1CCC(=O)N1)C(=O)OC(C)(C)C. The third kappa shape index (κ3) is 8.30. The van der Waals surface area contributed by atoms with Gasteiger partial charge in [-0.15, -0.1) is 0 Å². The second kappa shape index (κ2) is 14.7. The van der Waals surface area contributed by atoms with Crippen molar-refractivity contribution in [1.82, 2.24) is 29.9 Å². The molecule has 1 aliphatic heterocycles. The molecule has 0 radical (unpaired) electrons. The van der Waals surface area contributed by atoms with Gasteiger partial charge in [0.05, 0.1) is 30.5 Å². The zero-order valence-electron chi connectivity index (χ0n) is 27.7. The van der Waals surface area contributed by atoms with E-state index < -0.39 is 17.8 Å². The molecular formula is C35H41ClN6O6. The van der Waals surface area contributed by atoms with Crippen LogP contribution in [0, 0.1) is 0 Å². The predicted octanol–water partition coefficient (Wildman–Crippen LogP) is 4.57. The Bertz CT molecular complexity index is 1870. The maximum Gasteiger partial charge on any atom is 0.410 e. The quantitative estimate of drug-likeness (QED) is 0.208. The van der Waals surface area contributed by atoms with E-state index >= 15 is 0 Å². The summed E-state index contributed by atoms with van der Waals surface area (Å²) < 4.78 is 12.8. The number of amides is 2. The standard InChI is InChI=1S/C35H41ClN6O6/c1-21(43)16-37-17-24-18-38-29-15-22(13-14-42(29)33(24)45)26-7-6-8-27(31(26)36)28-11-9-23(32(40-28)47-5)19-41(34(46)48-35(2,3)4)20-25-10-12-30(44)39-25/h6-9,11,13-15,18,21,25,37,43H,10,12,16-17,19-20H2,1-5H3,(H,39,44)/t21-,25-/m0/s1. The molecule has 3 N–H and O–H groups in total. The topological polar surface area (TPSA) is 147 Å². The smallest absolute Gasteiger partial charge is 0.410 e. The Morgan fingerprint density at radius 2 is 1.96 bits per heavy atom. The van der Waals surface area contributed by atoms with E-state index in [2.05, 4.69) is 15.6 Å². The average molecular weight is 677 g/mol. The second-order valence-electron chi connectivity index (χ2n) is 12.9. The molecule has 0 saturated carbocycles. The van der Waals surface area contributed by atoms with Crippen molar-refractivity contribution in [3.63, 3.8) is 0 Å². The van der Waals surface area contributed by atoms with Crippen LogP contribution in [0.4, 0.5) is 4.79 Å². The van der Waals surface area contributed by atoms with Crippen molar-refractivity contribution in [3.8, 4) is 28.3 Å². The van der Waals surface area contributed by atoms with Crippen molar-refractivity contribution in [2.45, 2.75) is 71.4 Å². The number of hydrogen-bond acceptors (Lipinski definition) is 9. The van der Waals surface area contributed by atoms with Gasteiger partial charge in [0, 0.05) is 66.7 Å². The first kappa shape index (κ1) is 34.8. The molecule has 0 spiro atoms. The van der Waals surface area contributed by atoms with E-state index in [4.69, 9.17) is 26.1 Å². The molecule has 4 aromatic rings. The Morgan fingerprint density at radius 3 is 2.65 bits per heavy atom. The number of methoxy groups -OCH3 is 1. The van der Waals surface area contributed by atoms with Crippen molar-refractivity contribution in [2.75, 3.05) is 20.2 Å². The number of carbonyl (C=O) groups is 2. The summed E-state index contributed by atoms with van der Waals surface area (Å²) in [7, 11) is 1.52. The molecule has 13 heteroatoms. The van der Waals surface area contributed by atoms with Crippen LogP contribution in [0.1, 0.15) is 51.7 Å². The summed E-state index contributed by atoms with van der Waals surface area (Å²) in [6.45, 7) is 8.19. The fourth-order valence-electron chi connectivity index (χ4n) is 5.50. The van der Waals surface area contributed by atoms with Crippen molar-refractivity contribution < 1.29 is 24.2 Å². The minimum absolute atomic E-state index is 0.0348. The first-order chi connectivity index (χ1) is 22.8. The van der Waals surface area contributed by atoms with Crippen molar-refractivity contribution in [1.29, 1.82) is 0 Å². The summed E-state index contributed by atoms with van der Waals surface area (Å²) in [5.74, 6) is 0.290. The summed E-state index contributed by atoms with van der Waals surface area (Å²) in [5, 5.41) is 15.9. The summed E-state index contributed by atoms with van der Waals surface area (Å²) in [5.41, 5.74) is 3.46. The Hall–Kier alpha value is -4.52. The van der Waals surface area contributed by atoms with Crippen LogP contribution in [0.2, 0.25) is 5.02 Å². The normalized spacial score (nSPS) is 15.3. The van der Waals surface area contributed by atoms with E-state index in [1.807, 2.05) is 36.4 Å². The van der Waals surface area contributed by atoms with Gasteiger partial charge in [-0.3, -0.25) is 14.0 Å². The number of carbonyl (C=O) groups excluding carboxylic acids is 2. The first-order valence-corrected chi connectivity index (χ1v) is 16.2. The van der Waals surface area contributed by atoms with Crippen molar-refractivity contribution >= 4 is 29.2 Å². The fraction of sp³-hybridized carbons (Fsp3) is 0.400. The molecule has 0 bridgehead atoms. The van der Waals surface area contributed by atoms with Gasteiger partial charge in [-0.1, -0.05) is 29.8 Å². The Morgan fingerprint density at radius 1 is 1.19 bits per heavy atom. The van der Waals surface area contributed by atoms with Crippen LogP contribution in [-0.4, -0.2) is 74.3 Å². The predicted molar refractivity (Wildman–Crippen MR) is 183 cm³/mol. The maximum atomic E-state index is 13.2. The Balaban J connectivity index is 1.41. The highest BCUT2D eigenvalue weighted by Gasteiger charge is 2.29. The molecule has 1 saturated heterocycles. The molecule has 2 amide bonds. The molecule has 0 aliphatic carbocycles. The highest BCUT2D eigenvalue weighted by Crippen LogP contribution is 2.37. The van der Waals surface area contributed by atoms with Crippen molar-refractivity contribution in [2.24, 2.45) is 0 Å². The van der Waals surface area contributed by atoms with Gasteiger partial charge >= 0.3 is 6.09 Å². The summed E-state index contributed by atoms with van der Waals surface area (Å²) >= 11 is 7.00. The molecular weight excluding hydrogens is 636 g/mol. The fourth-order valence-corrected chi connectivity index (χ4v) is 5.83. The number of hydrogen-bond donors (Lipinski definition) is 3.